The van der Waals surface area contributed by atoms with E-state index in [9.17, 15) is 9.90 Å². The Labute approximate surface area is 145 Å². The lowest BCUT2D eigenvalue weighted by atomic mass is 9.85. The number of hydrogen-bond acceptors (Lipinski definition) is 4. The van der Waals surface area contributed by atoms with Crippen LogP contribution in [0.25, 0.3) is 0 Å². The quantitative estimate of drug-likeness (QED) is 0.557. The van der Waals surface area contributed by atoms with Gasteiger partial charge in [0, 0.05) is 6.20 Å². The first-order valence-corrected chi connectivity index (χ1v) is 7.79. The number of rotatable bonds is 5. The Morgan fingerprint density at radius 2 is 1.48 bits per heavy atom. The summed E-state index contributed by atoms with van der Waals surface area (Å²) in [6.45, 7) is 0. The van der Waals surface area contributed by atoms with Crippen LogP contribution in [0.1, 0.15) is 16.8 Å². The van der Waals surface area contributed by atoms with E-state index in [0.29, 0.717) is 16.8 Å². The van der Waals surface area contributed by atoms with Crippen molar-refractivity contribution >= 4 is 12.1 Å². The SMILES string of the molecule is O=C(NN=Cc1ccccn1)C(O)(c1ccccc1)c1ccccc1. The number of hydrogen-bond donors (Lipinski definition) is 2. The van der Waals surface area contributed by atoms with Gasteiger partial charge in [-0.25, -0.2) is 5.43 Å². The lowest BCUT2D eigenvalue weighted by Crippen LogP contribution is -2.43. The molecule has 5 nitrogen and oxygen atoms in total. The number of amides is 1. The second kappa shape index (κ2) is 7.51. The van der Waals surface area contributed by atoms with Gasteiger partial charge in [-0.05, 0) is 23.3 Å². The molecule has 0 aliphatic rings. The Kier molecular flexibility index (Phi) is 4.97. The minimum absolute atomic E-state index is 0.465. The maximum atomic E-state index is 12.8. The Bertz CT molecular complexity index is 810. The van der Waals surface area contributed by atoms with Gasteiger partial charge in [0.2, 0.25) is 0 Å². The molecule has 0 aliphatic carbocycles. The number of aliphatic hydroxyl groups is 1. The molecule has 2 N–H and O–H groups in total. The molecule has 0 saturated heterocycles. The molecule has 1 aromatic heterocycles. The standard InChI is InChI=1S/C20H17N3O2/c24-19(23-22-15-18-13-7-8-14-21-18)20(25,16-9-3-1-4-10-16)17-11-5-2-6-12-17/h1-15,25H,(H,23,24). The van der Waals surface area contributed by atoms with Gasteiger partial charge in [-0.15, -0.1) is 0 Å². The molecule has 3 aromatic rings. The van der Waals surface area contributed by atoms with Crippen molar-refractivity contribution in [2.45, 2.75) is 5.60 Å². The highest BCUT2D eigenvalue weighted by molar-refractivity contribution is 5.90. The third-order valence-electron chi connectivity index (χ3n) is 3.76. The fourth-order valence-corrected chi connectivity index (χ4v) is 2.48. The monoisotopic (exact) mass is 331 g/mol. The Morgan fingerprint density at radius 1 is 0.920 bits per heavy atom. The van der Waals surface area contributed by atoms with E-state index < -0.39 is 11.5 Å². The average Bonchev–Trinajstić information content (AvgIpc) is 2.69. The van der Waals surface area contributed by atoms with Gasteiger partial charge >= 0.3 is 0 Å². The first kappa shape index (κ1) is 16.5. The Morgan fingerprint density at radius 3 is 2.00 bits per heavy atom. The lowest BCUT2D eigenvalue weighted by Gasteiger charge is -2.27. The topological polar surface area (TPSA) is 74.6 Å². The van der Waals surface area contributed by atoms with Crippen LogP contribution in [-0.2, 0) is 10.4 Å². The summed E-state index contributed by atoms with van der Waals surface area (Å²) in [4.78, 5) is 16.9. The van der Waals surface area contributed by atoms with Crippen LogP contribution in [0.4, 0.5) is 0 Å². The van der Waals surface area contributed by atoms with E-state index in [-0.39, 0.29) is 0 Å². The second-order valence-electron chi connectivity index (χ2n) is 5.40. The maximum Gasteiger partial charge on any atom is 0.281 e. The van der Waals surface area contributed by atoms with Gasteiger partial charge in [0.15, 0.2) is 5.60 Å². The van der Waals surface area contributed by atoms with Gasteiger partial charge < -0.3 is 5.11 Å². The molecule has 0 aliphatic heterocycles. The molecule has 25 heavy (non-hydrogen) atoms. The number of hydrazone groups is 1. The molecule has 0 bridgehead atoms. The van der Waals surface area contributed by atoms with Crippen molar-refractivity contribution in [3.63, 3.8) is 0 Å². The van der Waals surface area contributed by atoms with Crippen LogP contribution < -0.4 is 5.43 Å². The molecule has 5 heteroatoms. The zero-order valence-electron chi connectivity index (χ0n) is 13.4. The third-order valence-corrected chi connectivity index (χ3v) is 3.76. The van der Waals surface area contributed by atoms with Crippen LogP contribution in [0.2, 0.25) is 0 Å². The molecule has 0 fully saturated rings. The second-order valence-corrected chi connectivity index (χ2v) is 5.40. The molecule has 1 heterocycles. The number of aromatic nitrogens is 1. The summed E-state index contributed by atoms with van der Waals surface area (Å²) >= 11 is 0. The van der Waals surface area contributed by atoms with Crippen LogP contribution in [0.15, 0.2) is 90.2 Å². The third kappa shape index (κ3) is 3.62. The summed E-state index contributed by atoms with van der Waals surface area (Å²) in [5.74, 6) is -0.642. The summed E-state index contributed by atoms with van der Waals surface area (Å²) in [6, 6.07) is 22.9. The van der Waals surface area contributed by atoms with E-state index in [1.54, 1.807) is 66.9 Å². The van der Waals surface area contributed by atoms with E-state index in [2.05, 4.69) is 15.5 Å². The number of benzene rings is 2. The fraction of sp³-hybridized carbons (Fsp3) is 0.0500. The summed E-state index contributed by atoms with van der Waals surface area (Å²) in [5, 5.41) is 15.1. The normalized spacial score (nSPS) is 11.4. The van der Waals surface area contributed by atoms with Gasteiger partial charge in [-0.1, -0.05) is 66.7 Å². The molecule has 0 saturated carbocycles. The van der Waals surface area contributed by atoms with Crippen molar-refractivity contribution < 1.29 is 9.90 Å². The van der Waals surface area contributed by atoms with Crippen molar-refractivity contribution in [2.24, 2.45) is 5.10 Å². The van der Waals surface area contributed by atoms with Crippen LogP contribution in [-0.4, -0.2) is 22.2 Å². The fourth-order valence-electron chi connectivity index (χ4n) is 2.48. The van der Waals surface area contributed by atoms with Crippen molar-refractivity contribution in [3.8, 4) is 0 Å². The van der Waals surface area contributed by atoms with E-state index in [4.69, 9.17) is 0 Å². The van der Waals surface area contributed by atoms with Gasteiger partial charge in [0.25, 0.3) is 5.91 Å². The minimum atomic E-state index is -1.84. The summed E-state index contributed by atoms with van der Waals surface area (Å²) < 4.78 is 0. The highest BCUT2D eigenvalue weighted by Gasteiger charge is 2.39. The van der Waals surface area contributed by atoms with Crippen LogP contribution in [0.3, 0.4) is 0 Å². The largest absolute Gasteiger partial charge is 0.372 e. The Hall–Kier alpha value is -3.31. The molecule has 0 atom stereocenters. The predicted octanol–water partition coefficient (Wildman–Crippen LogP) is 2.47. The Balaban J connectivity index is 1.90. The smallest absolute Gasteiger partial charge is 0.281 e. The van der Waals surface area contributed by atoms with Crippen LogP contribution >= 0.6 is 0 Å². The molecule has 0 spiro atoms. The summed E-state index contributed by atoms with van der Waals surface area (Å²) in [5.41, 5.74) is 2.10. The number of carbonyl (C=O) groups excluding carboxylic acids is 1. The summed E-state index contributed by atoms with van der Waals surface area (Å²) in [7, 11) is 0. The highest BCUT2D eigenvalue weighted by Crippen LogP contribution is 2.29. The van der Waals surface area contributed by atoms with E-state index in [0.717, 1.165) is 0 Å². The van der Waals surface area contributed by atoms with Gasteiger partial charge in [0.05, 0.1) is 11.9 Å². The number of nitrogens with one attached hydrogen (secondary N) is 1. The lowest BCUT2D eigenvalue weighted by molar-refractivity contribution is -0.136. The first-order valence-electron chi connectivity index (χ1n) is 7.79. The molecule has 124 valence electrons. The average molecular weight is 331 g/mol. The van der Waals surface area contributed by atoms with Gasteiger partial charge in [-0.3, -0.25) is 9.78 Å². The number of carbonyl (C=O) groups is 1. The van der Waals surface area contributed by atoms with E-state index in [1.165, 1.54) is 6.21 Å². The van der Waals surface area contributed by atoms with Crippen molar-refractivity contribution in [3.05, 3.63) is 102 Å². The molecule has 1 amide bonds. The molecule has 3 rings (SSSR count). The molecule has 0 unspecified atom stereocenters. The predicted molar refractivity (Wildman–Crippen MR) is 95.9 cm³/mol. The van der Waals surface area contributed by atoms with Gasteiger partial charge in [-0.2, -0.15) is 5.10 Å². The van der Waals surface area contributed by atoms with E-state index in [1.807, 2.05) is 18.2 Å². The maximum absolute atomic E-state index is 12.8. The van der Waals surface area contributed by atoms with Crippen molar-refractivity contribution in [2.75, 3.05) is 0 Å². The molecule has 2 aromatic carbocycles. The van der Waals surface area contributed by atoms with Crippen molar-refractivity contribution in [1.82, 2.24) is 10.4 Å². The summed E-state index contributed by atoms with van der Waals surface area (Å²) in [6.07, 6.45) is 3.06. The van der Waals surface area contributed by atoms with Gasteiger partial charge in [0.1, 0.15) is 0 Å². The number of nitrogens with zero attached hydrogens (tertiary/aromatic N) is 2. The zero-order chi connectivity index (χ0) is 17.5. The minimum Gasteiger partial charge on any atom is -0.372 e. The van der Waals surface area contributed by atoms with E-state index >= 15 is 0 Å². The zero-order valence-corrected chi connectivity index (χ0v) is 13.4. The van der Waals surface area contributed by atoms with Crippen LogP contribution in [0, 0.1) is 0 Å². The van der Waals surface area contributed by atoms with Crippen LogP contribution in [0.5, 0.6) is 0 Å². The van der Waals surface area contributed by atoms with Crippen molar-refractivity contribution in [1.29, 1.82) is 0 Å². The first-order chi connectivity index (χ1) is 12.2. The molecular weight excluding hydrogens is 314 g/mol. The molecule has 0 radical (unpaired) electrons. The number of pyridine rings is 1. The molecular formula is C20H17N3O2. The highest BCUT2D eigenvalue weighted by atomic mass is 16.3.